The molecule has 2 aromatic carbocycles. The van der Waals surface area contributed by atoms with E-state index in [0.717, 1.165) is 5.56 Å². The van der Waals surface area contributed by atoms with Crippen molar-refractivity contribution >= 4 is 40.8 Å². The van der Waals surface area contributed by atoms with Crippen molar-refractivity contribution in [1.82, 2.24) is 19.9 Å². The van der Waals surface area contributed by atoms with Gasteiger partial charge < -0.3 is 20.3 Å². The summed E-state index contributed by atoms with van der Waals surface area (Å²) in [6.07, 6.45) is 1.85. The van der Waals surface area contributed by atoms with Gasteiger partial charge in [-0.15, -0.1) is 11.8 Å². The van der Waals surface area contributed by atoms with Crippen LogP contribution in [0, 0.1) is 0 Å². The monoisotopic (exact) mass is 484 g/mol. The van der Waals surface area contributed by atoms with Crippen LogP contribution in [0.5, 0.6) is 5.75 Å². The fourth-order valence-electron chi connectivity index (χ4n) is 3.13. The highest BCUT2D eigenvalue weighted by molar-refractivity contribution is 7.98. The van der Waals surface area contributed by atoms with Gasteiger partial charge in [-0.1, -0.05) is 28.9 Å². The zero-order chi connectivity index (χ0) is 23.4. The quantitative estimate of drug-likeness (QED) is 0.348. The standard InChI is InChI=1S/C22H21ClN6O3S/c1-3-31-16-7-5-4-6-15(16)25-17(30)12-29-19(24)18(22(27-29)33-2)21-26-20(28-32-21)13-8-10-14(23)11-9-13/h4-11H,3,12,24H2,1-2H3,(H,25,30). The maximum Gasteiger partial charge on any atom is 0.264 e. The molecule has 0 atom stereocenters. The number of para-hydroxylation sites is 2. The van der Waals surface area contributed by atoms with Gasteiger partial charge in [-0.3, -0.25) is 4.79 Å². The zero-order valence-electron chi connectivity index (χ0n) is 17.9. The summed E-state index contributed by atoms with van der Waals surface area (Å²) in [5.74, 6) is 1.15. The van der Waals surface area contributed by atoms with Gasteiger partial charge in [0.05, 0.1) is 12.3 Å². The third-order valence-electron chi connectivity index (χ3n) is 4.65. The van der Waals surface area contributed by atoms with E-state index in [4.69, 9.17) is 26.6 Å². The predicted octanol–water partition coefficient (Wildman–Crippen LogP) is 4.60. The summed E-state index contributed by atoms with van der Waals surface area (Å²) in [6.45, 7) is 2.27. The Morgan fingerprint density at radius 2 is 2.00 bits per heavy atom. The van der Waals surface area contributed by atoms with Gasteiger partial charge in [0.15, 0.2) is 0 Å². The lowest BCUT2D eigenvalue weighted by molar-refractivity contribution is -0.116. The number of amides is 1. The van der Waals surface area contributed by atoms with Crippen molar-refractivity contribution < 1.29 is 14.1 Å². The third kappa shape index (κ3) is 4.96. The summed E-state index contributed by atoms with van der Waals surface area (Å²) in [6, 6.07) is 14.3. The number of nitrogens with one attached hydrogen (secondary N) is 1. The Morgan fingerprint density at radius 3 is 2.73 bits per heavy atom. The summed E-state index contributed by atoms with van der Waals surface area (Å²) in [5, 5.41) is 12.5. The normalized spacial score (nSPS) is 10.9. The molecule has 4 aromatic rings. The second kappa shape index (κ2) is 9.97. The number of carbonyl (C=O) groups is 1. The van der Waals surface area contributed by atoms with Crippen molar-refractivity contribution in [2.45, 2.75) is 18.5 Å². The van der Waals surface area contributed by atoms with Crippen molar-refractivity contribution in [3.8, 4) is 28.6 Å². The average Bonchev–Trinajstić information content (AvgIpc) is 3.40. The summed E-state index contributed by atoms with van der Waals surface area (Å²) in [7, 11) is 0. The molecule has 170 valence electrons. The smallest absolute Gasteiger partial charge is 0.264 e. The first-order chi connectivity index (χ1) is 16.0. The van der Waals surface area contributed by atoms with Gasteiger partial charge in [-0.05, 0) is 49.6 Å². The van der Waals surface area contributed by atoms with Crippen LogP contribution in [0.3, 0.4) is 0 Å². The van der Waals surface area contributed by atoms with E-state index < -0.39 is 0 Å². The number of halogens is 1. The van der Waals surface area contributed by atoms with Crippen molar-refractivity contribution in [3.63, 3.8) is 0 Å². The first-order valence-corrected chi connectivity index (χ1v) is 11.6. The molecule has 0 saturated heterocycles. The number of benzene rings is 2. The van der Waals surface area contributed by atoms with Crippen LogP contribution in [0.25, 0.3) is 22.8 Å². The fourth-order valence-corrected chi connectivity index (χ4v) is 3.84. The molecule has 0 radical (unpaired) electrons. The molecule has 4 rings (SSSR count). The third-order valence-corrected chi connectivity index (χ3v) is 5.57. The number of aromatic nitrogens is 4. The SMILES string of the molecule is CCOc1ccccc1NC(=O)Cn1nc(SC)c(-c2nc(-c3ccc(Cl)cc3)no2)c1N. The lowest BCUT2D eigenvalue weighted by Gasteiger charge is -2.11. The first kappa shape index (κ1) is 22.7. The average molecular weight is 485 g/mol. The van der Waals surface area contributed by atoms with E-state index in [0.29, 0.717) is 39.5 Å². The van der Waals surface area contributed by atoms with Crippen LogP contribution in [-0.4, -0.2) is 38.7 Å². The van der Waals surface area contributed by atoms with Gasteiger partial charge in [-0.25, -0.2) is 4.68 Å². The summed E-state index contributed by atoms with van der Waals surface area (Å²) < 4.78 is 12.4. The molecule has 0 aliphatic heterocycles. The minimum absolute atomic E-state index is 0.0992. The second-order valence-electron chi connectivity index (χ2n) is 6.83. The summed E-state index contributed by atoms with van der Waals surface area (Å²) in [5.41, 5.74) is 8.14. The fraction of sp³-hybridized carbons (Fsp3) is 0.182. The molecule has 2 aromatic heterocycles. The zero-order valence-corrected chi connectivity index (χ0v) is 19.5. The Labute approximate surface area is 199 Å². The molecular formula is C22H21ClN6O3S. The lowest BCUT2D eigenvalue weighted by Crippen LogP contribution is -2.21. The van der Waals surface area contributed by atoms with Gasteiger partial charge in [0.2, 0.25) is 11.7 Å². The van der Waals surface area contributed by atoms with Crippen LogP contribution in [0.4, 0.5) is 11.5 Å². The van der Waals surface area contributed by atoms with Gasteiger partial charge >= 0.3 is 0 Å². The Hall–Kier alpha value is -3.50. The van der Waals surface area contributed by atoms with Crippen LogP contribution < -0.4 is 15.8 Å². The number of hydrogen-bond acceptors (Lipinski definition) is 8. The number of rotatable bonds is 8. The van der Waals surface area contributed by atoms with Crippen LogP contribution in [-0.2, 0) is 11.3 Å². The maximum absolute atomic E-state index is 12.7. The van der Waals surface area contributed by atoms with Crippen molar-refractivity contribution in [2.75, 3.05) is 23.9 Å². The van der Waals surface area contributed by atoms with Crippen molar-refractivity contribution in [1.29, 1.82) is 0 Å². The van der Waals surface area contributed by atoms with Crippen molar-refractivity contribution in [3.05, 3.63) is 53.6 Å². The number of nitrogen functional groups attached to an aromatic ring is 1. The molecule has 33 heavy (non-hydrogen) atoms. The Balaban J connectivity index is 1.57. The molecule has 2 heterocycles. The van der Waals surface area contributed by atoms with E-state index in [-0.39, 0.29) is 24.2 Å². The molecule has 0 unspecified atom stereocenters. The number of nitrogens with two attached hydrogens (primary N) is 1. The highest BCUT2D eigenvalue weighted by Gasteiger charge is 2.24. The van der Waals surface area contributed by atoms with Crippen molar-refractivity contribution in [2.24, 2.45) is 0 Å². The molecule has 0 saturated carbocycles. The second-order valence-corrected chi connectivity index (χ2v) is 8.07. The number of nitrogens with zero attached hydrogens (tertiary/aromatic N) is 4. The molecule has 0 bridgehead atoms. The van der Waals surface area contributed by atoms with E-state index in [1.807, 2.05) is 25.3 Å². The van der Waals surface area contributed by atoms with Gasteiger partial charge in [0.25, 0.3) is 5.89 Å². The van der Waals surface area contributed by atoms with Gasteiger partial charge in [-0.2, -0.15) is 10.1 Å². The van der Waals surface area contributed by atoms with E-state index in [2.05, 4.69) is 20.6 Å². The highest BCUT2D eigenvalue weighted by Crippen LogP contribution is 2.35. The van der Waals surface area contributed by atoms with Gasteiger partial charge in [0, 0.05) is 10.6 Å². The highest BCUT2D eigenvalue weighted by atomic mass is 35.5. The molecule has 0 aliphatic rings. The van der Waals surface area contributed by atoms with E-state index in [1.54, 1.807) is 36.4 Å². The number of hydrogen-bond donors (Lipinski definition) is 2. The molecule has 11 heteroatoms. The number of carbonyl (C=O) groups excluding carboxylic acids is 1. The number of anilines is 2. The molecule has 3 N–H and O–H groups in total. The van der Waals surface area contributed by atoms with Crippen LogP contribution >= 0.6 is 23.4 Å². The Kier molecular flexibility index (Phi) is 6.85. The lowest BCUT2D eigenvalue weighted by atomic mass is 10.2. The van der Waals surface area contributed by atoms with Crippen LogP contribution in [0.2, 0.25) is 5.02 Å². The van der Waals surface area contributed by atoms with Crippen LogP contribution in [0.1, 0.15) is 6.92 Å². The largest absolute Gasteiger partial charge is 0.492 e. The molecule has 0 spiro atoms. The first-order valence-electron chi connectivity index (χ1n) is 10.0. The van der Waals surface area contributed by atoms with E-state index >= 15 is 0 Å². The minimum Gasteiger partial charge on any atom is -0.492 e. The van der Waals surface area contributed by atoms with Gasteiger partial charge in [0.1, 0.15) is 28.7 Å². The Morgan fingerprint density at radius 1 is 1.24 bits per heavy atom. The summed E-state index contributed by atoms with van der Waals surface area (Å²) >= 11 is 7.31. The maximum atomic E-state index is 12.7. The molecule has 0 fully saturated rings. The number of thioether (sulfide) groups is 1. The predicted molar refractivity (Wildman–Crippen MR) is 128 cm³/mol. The number of ether oxygens (including phenoxy) is 1. The molecular weight excluding hydrogens is 464 g/mol. The Bertz CT molecular complexity index is 1270. The topological polar surface area (TPSA) is 121 Å². The van der Waals surface area contributed by atoms with E-state index in [9.17, 15) is 4.79 Å². The molecule has 9 nitrogen and oxygen atoms in total. The molecule has 1 amide bonds. The minimum atomic E-state index is -0.303. The molecule has 0 aliphatic carbocycles. The van der Waals surface area contributed by atoms with Crippen LogP contribution in [0.15, 0.2) is 58.1 Å². The van der Waals surface area contributed by atoms with E-state index in [1.165, 1.54) is 16.4 Å². The summed E-state index contributed by atoms with van der Waals surface area (Å²) in [4.78, 5) is 17.2.